The van der Waals surface area contributed by atoms with Crippen molar-refractivity contribution in [1.82, 2.24) is 30.2 Å². The summed E-state index contributed by atoms with van der Waals surface area (Å²) in [5.74, 6) is 2.62. The van der Waals surface area contributed by atoms with Crippen molar-refractivity contribution in [3.8, 4) is 0 Å². The second-order valence-electron chi connectivity index (χ2n) is 8.12. The van der Waals surface area contributed by atoms with E-state index in [-0.39, 0.29) is 23.2 Å². The lowest BCUT2D eigenvalue weighted by atomic mass is 10.2. The van der Waals surface area contributed by atoms with Crippen LogP contribution >= 0.6 is 11.6 Å². The highest BCUT2D eigenvalue weighted by molar-refractivity contribution is 6.32. The van der Waals surface area contributed by atoms with E-state index >= 15 is 0 Å². The fourth-order valence-corrected chi connectivity index (χ4v) is 4.15. The van der Waals surface area contributed by atoms with Crippen LogP contribution in [0.1, 0.15) is 38.7 Å². The van der Waals surface area contributed by atoms with Crippen molar-refractivity contribution in [1.29, 1.82) is 0 Å². The highest BCUT2D eigenvalue weighted by Gasteiger charge is 2.45. The highest BCUT2D eigenvalue weighted by Crippen LogP contribution is 2.45. The Morgan fingerprint density at radius 2 is 1.91 bits per heavy atom. The number of amides is 1. The number of carbonyl (C=O) groups is 2. The highest BCUT2D eigenvalue weighted by atomic mass is 35.5. The minimum atomic E-state index is -0.340. The zero-order valence-electron chi connectivity index (χ0n) is 17.6. The molecule has 3 aromatic rings. The summed E-state index contributed by atoms with van der Waals surface area (Å²) in [5.41, 5.74) is 1.24. The number of hydrogen-bond donors (Lipinski definition) is 2. The van der Waals surface area contributed by atoms with Crippen molar-refractivity contribution >= 4 is 35.6 Å². The summed E-state index contributed by atoms with van der Waals surface area (Å²) < 4.78 is 0. The standard InChI is InChI=1S/C22H21ClN8O2/c23-17-4-13(6-26-18(17)12-32)7-27-20-16(21(33)28-9-19-24-2-1-3-25-19)8-29-22(30-20)31-10-14-5-15(14)11-31/h1-4,6,8,12,14-15H,5,7,9-11H2,(H,28,33)(H,27,29,30). The number of aromatic nitrogens is 5. The van der Waals surface area contributed by atoms with Crippen LogP contribution in [-0.4, -0.2) is 50.2 Å². The van der Waals surface area contributed by atoms with E-state index in [4.69, 9.17) is 11.6 Å². The van der Waals surface area contributed by atoms with Crippen LogP contribution in [0.5, 0.6) is 0 Å². The van der Waals surface area contributed by atoms with Gasteiger partial charge in [0, 0.05) is 44.4 Å². The summed E-state index contributed by atoms with van der Waals surface area (Å²) in [6, 6.07) is 3.37. The molecule has 2 N–H and O–H groups in total. The Balaban J connectivity index is 1.35. The Bertz CT molecular complexity index is 1180. The molecule has 1 amide bonds. The molecule has 1 saturated carbocycles. The minimum absolute atomic E-state index is 0.181. The van der Waals surface area contributed by atoms with Gasteiger partial charge in [-0.25, -0.2) is 15.0 Å². The number of nitrogens with one attached hydrogen (secondary N) is 2. The Morgan fingerprint density at radius 3 is 2.64 bits per heavy atom. The summed E-state index contributed by atoms with van der Waals surface area (Å²) in [7, 11) is 0. The number of anilines is 2. The fourth-order valence-electron chi connectivity index (χ4n) is 3.92. The van der Waals surface area contributed by atoms with Gasteiger partial charge in [0.15, 0.2) is 6.29 Å². The van der Waals surface area contributed by atoms with Gasteiger partial charge in [-0.2, -0.15) is 4.98 Å². The average molecular weight is 465 g/mol. The maximum Gasteiger partial charge on any atom is 0.256 e. The molecule has 0 aromatic carbocycles. The van der Waals surface area contributed by atoms with E-state index in [1.165, 1.54) is 12.6 Å². The predicted octanol–water partition coefficient (Wildman–Crippen LogP) is 2.13. The van der Waals surface area contributed by atoms with Crippen molar-refractivity contribution in [3.63, 3.8) is 0 Å². The fraction of sp³-hybridized carbons (Fsp3) is 0.318. The Kier molecular flexibility index (Phi) is 5.82. The van der Waals surface area contributed by atoms with Crippen molar-refractivity contribution in [2.45, 2.75) is 19.5 Å². The van der Waals surface area contributed by atoms with Crippen LogP contribution in [0.3, 0.4) is 0 Å². The number of pyridine rings is 1. The lowest BCUT2D eigenvalue weighted by Crippen LogP contribution is -2.28. The van der Waals surface area contributed by atoms with E-state index in [1.807, 2.05) is 0 Å². The Hall–Kier alpha value is -3.66. The number of halogens is 1. The molecule has 1 aliphatic carbocycles. The molecule has 1 aliphatic heterocycles. The number of aldehydes is 1. The number of nitrogens with zero attached hydrogens (tertiary/aromatic N) is 6. The lowest BCUT2D eigenvalue weighted by Gasteiger charge is -2.20. The Labute approximate surface area is 194 Å². The molecule has 2 unspecified atom stereocenters. The molecule has 10 nitrogen and oxygen atoms in total. The van der Waals surface area contributed by atoms with Crippen LogP contribution in [0.25, 0.3) is 0 Å². The summed E-state index contributed by atoms with van der Waals surface area (Å²) >= 11 is 6.09. The van der Waals surface area contributed by atoms with Crippen molar-refractivity contribution in [3.05, 3.63) is 64.6 Å². The maximum atomic E-state index is 12.9. The topological polar surface area (TPSA) is 126 Å². The predicted molar refractivity (Wildman–Crippen MR) is 121 cm³/mol. The monoisotopic (exact) mass is 464 g/mol. The minimum Gasteiger partial charge on any atom is -0.365 e. The van der Waals surface area contributed by atoms with E-state index in [9.17, 15) is 9.59 Å². The third-order valence-electron chi connectivity index (χ3n) is 5.81. The number of fused-ring (bicyclic) bond motifs is 1. The van der Waals surface area contributed by atoms with Crippen LogP contribution < -0.4 is 15.5 Å². The smallest absolute Gasteiger partial charge is 0.256 e. The molecule has 0 radical (unpaired) electrons. The van der Waals surface area contributed by atoms with Gasteiger partial charge in [-0.1, -0.05) is 11.6 Å². The molecule has 0 bridgehead atoms. The van der Waals surface area contributed by atoms with E-state index in [2.05, 4.69) is 40.5 Å². The summed E-state index contributed by atoms with van der Waals surface area (Å²) in [4.78, 5) is 47.4. The van der Waals surface area contributed by atoms with E-state index in [0.29, 0.717) is 36.0 Å². The molecule has 11 heteroatoms. The first kappa shape index (κ1) is 21.2. The number of rotatable bonds is 8. The van der Waals surface area contributed by atoms with Crippen molar-refractivity contribution in [2.24, 2.45) is 11.8 Å². The molecule has 0 spiro atoms. The van der Waals surface area contributed by atoms with Gasteiger partial charge in [0.2, 0.25) is 5.95 Å². The molecule has 3 aromatic heterocycles. The van der Waals surface area contributed by atoms with Crippen LogP contribution in [0.15, 0.2) is 36.9 Å². The lowest BCUT2D eigenvalue weighted by molar-refractivity contribution is 0.0949. The van der Waals surface area contributed by atoms with Gasteiger partial charge >= 0.3 is 0 Å². The summed E-state index contributed by atoms with van der Waals surface area (Å²) in [6.45, 7) is 2.38. The third-order valence-corrected chi connectivity index (χ3v) is 6.11. The molecule has 168 valence electrons. The van der Waals surface area contributed by atoms with E-state index in [0.717, 1.165) is 30.5 Å². The first-order valence-electron chi connectivity index (χ1n) is 10.6. The van der Waals surface area contributed by atoms with Gasteiger partial charge < -0.3 is 15.5 Å². The number of piperidine rings is 1. The summed E-state index contributed by atoms with van der Waals surface area (Å²) in [5, 5.41) is 6.28. The molecule has 2 atom stereocenters. The van der Waals surface area contributed by atoms with Gasteiger partial charge in [0.25, 0.3) is 5.91 Å². The average Bonchev–Trinajstić information content (AvgIpc) is 3.46. The molecule has 4 heterocycles. The molecule has 33 heavy (non-hydrogen) atoms. The van der Waals surface area contributed by atoms with Gasteiger partial charge in [-0.3, -0.25) is 14.6 Å². The largest absolute Gasteiger partial charge is 0.365 e. The normalized spacial score (nSPS) is 18.5. The first-order chi connectivity index (χ1) is 16.1. The van der Waals surface area contributed by atoms with Gasteiger partial charge in [0.05, 0.1) is 11.6 Å². The van der Waals surface area contributed by atoms with Crippen LogP contribution in [0, 0.1) is 11.8 Å². The molecular formula is C22H21ClN8O2. The van der Waals surface area contributed by atoms with E-state index in [1.54, 1.807) is 30.7 Å². The van der Waals surface area contributed by atoms with Gasteiger partial charge in [-0.15, -0.1) is 0 Å². The molecule has 5 rings (SSSR count). The van der Waals surface area contributed by atoms with E-state index < -0.39 is 0 Å². The third kappa shape index (κ3) is 4.75. The molecule has 2 aliphatic rings. The summed E-state index contributed by atoms with van der Waals surface area (Å²) in [6.07, 6.45) is 8.22. The Morgan fingerprint density at radius 1 is 1.12 bits per heavy atom. The maximum absolute atomic E-state index is 12.9. The second kappa shape index (κ2) is 9.07. The second-order valence-corrected chi connectivity index (χ2v) is 8.53. The van der Waals surface area contributed by atoms with Crippen LogP contribution in [0.2, 0.25) is 5.02 Å². The van der Waals surface area contributed by atoms with Gasteiger partial charge in [-0.05, 0) is 36.0 Å². The SMILES string of the molecule is O=Cc1ncc(CNc2nc(N3CC4CC4C3)ncc2C(=O)NCc2ncccn2)cc1Cl. The van der Waals surface area contributed by atoms with Crippen molar-refractivity contribution < 1.29 is 9.59 Å². The molecule has 2 fully saturated rings. The van der Waals surface area contributed by atoms with Crippen LogP contribution in [0.4, 0.5) is 11.8 Å². The zero-order chi connectivity index (χ0) is 22.8. The van der Waals surface area contributed by atoms with Gasteiger partial charge in [0.1, 0.15) is 22.9 Å². The van der Waals surface area contributed by atoms with Crippen molar-refractivity contribution in [2.75, 3.05) is 23.3 Å². The molecule has 1 saturated heterocycles. The number of hydrogen-bond acceptors (Lipinski definition) is 9. The van der Waals surface area contributed by atoms with Crippen LogP contribution in [-0.2, 0) is 13.1 Å². The molecular weight excluding hydrogens is 444 g/mol. The quantitative estimate of drug-likeness (QED) is 0.482. The first-order valence-corrected chi connectivity index (χ1v) is 11.0. The number of carbonyl (C=O) groups excluding carboxylic acids is 2. The zero-order valence-corrected chi connectivity index (χ0v) is 18.4.